The van der Waals surface area contributed by atoms with Crippen LogP contribution >= 0.6 is 0 Å². The predicted molar refractivity (Wildman–Crippen MR) is 95.2 cm³/mol. The topological polar surface area (TPSA) is 76.3 Å². The van der Waals surface area contributed by atoms with Crippen molar-refractivity contribution in [2.45, 2.75) is 37.8 Å². The summed E-state index contributed by atoms with van der Waals surface area (Å²) < 4.78 is 3.59. The van der Waals surface area contributed by atoms with Crippen LogP contribution in [-0.4, -0.2) is 49.1 Å². The van der Waals surface area contributed by atoms with Gasteiger partial charge >= 0.3 is 0 Å². The molecule has 26 heavy (non-hydrogen) atoms. The van der Waals surface area contributed by atoms with E-state index in [1.807, 2.05) is 42.0 Å². The summed E-state index contributed by atoms with van der Waals surface area (Å²) in [4.78, 5) is 34.0. The molecule has 2 aromatic heterocycles. The summed E-state index contributed by atoms with van der Waals surface area (Å²) in [5, 5.41) is 4.33. The van der Waals surface area contributed by atoms with Gasteiger partial charge in [0.2, 0.25) is 11.8 Å². The Bertz CT molecular complexity index is 836. The second kappa shape index (κ2) is 6.26. The number of carbonyl (C=O) groups is 2. The molecule has 8 heteroatoms. The van der Waals surface area contributed by atoms with E-state index < -0.39 is 0 Å². The molecule has 1 aliphatic heterocycles. The molecule has 0 radical (unpaired) electrons. The van der Waals surface area contributed by atoms with Crippen molar-refractivity contribution in [1.82, 2.24) is 24.2 Å². The molecule has 3 heterocycles. The van der Waals surface area contributed by atoms with Gasteiger partial charge in [-0.3, -0.25) is 19.2 Å². The third-order valence-electron chi connectivity index (χ3n) is 5.39. The number of amides is 2. The highest BCUT2D eigenvalue weighted by Gasteiger charge is 2.48. The third-order valence-corrected chi connectivity index (χ3v) is 5.39. The molecule has 0 spiro atoms. The Morgan fingerprint density at radius 2 is 2.00 bits per heavy atom. The highest BCUT2D eigenvalue weighted by Crippen LogP contribution is 2.43. The fourth-order valence-electron chi connectivity index (χ4n) is 3.87. The van der Waals surface area contributed by atoms with E-state index in [1.54, 1.807) is 22.8 Å². The maximum atomic E-state index is 13.3. The monoisotopic (exact) mass is 356 g/mol. The zero-order valence-electron chi connectivity index (χ0n) is 15.4. The average molecular weight is 356 g/mol. The number of nitrogens with zero attached hydrogens (tertiary/aromatic N) is 6. The lowest BCUT2D eigenvalue weighted by atomic mass is 9.86. The average Bonchev–Trinajstić information content (AvgIpc) is 3.22. The molecule has 2 amide bonds. The molecule has 8 nitrogen and oxygen atoms in total. The number of likely N-dealkylation sites (tertiary alicyclic amines) is 1. The molecular weight excluding hydrogens is 332 g/mol. The van der Waals surface area contributed by atoms with Gasteiger partial charge in [-0.25, -0.2) is 4.98 Å². The number of piperidine rings is 1. The van der Waals surface area contributed by atoms with Crippen molar-refractivity contribution in [3.8, 4) is 0 Å². The summed E-state index contributed by atoms with van der Waals surface area (Å²) in [5.41, 5.74) is 0. The maximum Gasteiger partial charge on any atom is 0.233 e. The van der Waals surface area contributed by atoms with Crippen LogP contribution < -0.4 is 4.90 Å². The Kier molecular flexibility index (Phi) is 4.05. The highest BCUT2D eigenvalue weighted by molar-refractivity contribution is 5.95. The summed E-state index contributed by atoms with van der Waals surface area (Å²) >= 11 is 0. The number of aromatic nitrogens is 4. The number of rotatable bonds is 4. The second-order valence-corrected chi connectivity index (χ2v) is 7.26. The van der Waals surface area contributed by atoms with Gasteiger partial charge in [-0.1, -0.05) is 0 Å². The molecule has 0 unspecified atom stereocenters. The highest BCUT2D eigenvalue weighted by atomic mass is 16.2. The molecule has 0 bridgehead atoms. The van der Waals surface area contributed by atoms with E-state index in [0.717, 1.165) is 18.7 Å². The van der Waals surface area contributed by atoms with Crippen LogP contribution in [0.1, 0.15) is 37.5 Å². The quantitative estimate of drug-likeness (QED) is 0.826. The van der Waals surface area contributed by atoms with Gasteiger partial charge in [0.25, 0.3) is 0 Å². The van der Waals surface area contributed by atoms with Crippen molar-refractivity contribution in [2.24, 2.45) is 20.0 Å². The molecule has 0 N–H and O–H groups in total. The molecule has 0 aromatic carbocycles. The standard InChI is InChI=1S/C18H24N6O2/c1-21-11-9-19-17(21)16-13(6-7-15(25)24(16)12-4-5-12)18(26)23(3)14-8-10-22(2)20-14/h8-13,16H,4-7H2,1-3H3/t13-,16-/m0/s1. The van der Waals surface area contributed by atoms with Gasteiger partial charge in [0.1, 0.15) is 11.9 Å². The zero-order valence-corrected chi connectivity index (χ0v) is 15.4. The third kappa shape index (κ3) is 2.79. The fraction of sp³-hybridized carbons (Fsp3) is 0.556. The van der Waals surface area contributed by atoms with Gasteiger partial charge in [-0.2, -0.15) is 5.10 Å². The smallest absolute Gasteiger partial charge is 0.233 e. The molecule has 1 aliphatic carbocycles. The summed E-state index contributed by atoms with van der Waals surface area (Å²) in [6, 6.07) is 1.74. The van der Waals surface area contributed by atoms with Crippen LogP contribution in [0.4, 0.5) is 5.82 Å². The van der Waals surface area contributed by atoms with E-state index in [4.69, 9.17) is 0 Å². The zero-order chi connectivity index (χ0) is 18.4. The summed E-state index contributed by atoms with van der Waals surface area (Å²) in [6.45, 7) is 0. The normalized spacial score (nSPS) is 23.3. The van der Waals surface area contributed by atoms with Crippen LogP contribution in [0.25, 0.3) is 0 Å². The van der Waals surface area contributed by atoms with Crippen LogP contribution in [0, 0.1) is 5.92 Å². The largest absolute Gasteiger partial charge is 0.336 e. The Morgan fingerprint density at radius 1 is 1.23 bits per heavy atom. The Morgan fingerprint density at radius 3 is 2.58 bits per heavy atom. The van der Waals surface area contributed by atoms with Gasteiger partial charge in [0, 0.05) is 58.3 Å². The van der Waals surface area contributed by atoms with Crippen molar-refractivity contribution in [2.75, 3.05) is 11.9 Å². The van der Waals surface area contributed by atoms with E-state index in [2.05, 4.69) is 10.1 Å². The Labute approximate surface area is 152 Å². The van der Waals surface area contributed by atoms with Gasteiger partial charge in [0.05, 0.1) is 5.92 Å². The van der Waals surface area contributed by atoms with Crippen molar-refractivity contribution >= 4 is 17.6 Å². The van der Waals surface area contributed by atoms with Crippen LogP contribution in [0.3, 0.4) is 0 Å². The number of anilines is 1. The predicted octanol–water partition coefficient (Wildman–Crippen LogP) is 1.26. The molecule has 2 aliphatic rings. The first-order chi connectivity index (χ1) is 12.5. The van der Waals surface area contributed by atoms with Crippen molar-refractivity contribution in [3.05, 3.63) is 30.5 Å². The molecule has 1 saturated heterocycles. The summed E-state index contributed by atoms with van der Waals surface area (Å²) in [5.74, 6) is 1.19. The van der Waals surface area contributed by atoms with E-state index >= 15 is 0 Å². The molecule has 1 saturated carbocycles. The number of hydrogen-bond acceptors (Lipinski definition) is 4. The fourth-order valence-corrected chi connectivity index (χ4v) is 3.87. The van der Waals surface area contributed by atoms with Crippen molar-refractivity contribution in [1.29, 1.82) is 0 Å². The van der Waals surface area contributed by atoms with Gasteiger partial charge in [-0.05, 0) is 19.3 Å². The second-order valence-electron chi connectivity index (χ2n) is 7.26. The lowest BCUT2D eigenvalue weighted by Crippen LogP contribution is -2.50. The number of carbonyl (C=O) groups excluding carboxylic acids is 2. The van der Waals surface area contributed by atoms with Gasteiger partial charge in [0.15, 0.2) is 5.82 Å². The number of aryl methyl sites for hydroxylation is 2. The SMILES string of the molecule is CN(C(=O)[C@H]1CCC(=O)N(C2CC2)[C@@H]1c1nccn1C)c1ccn(C)n1. The lowest BCUT2D eigenvalue weighted by molar-refractivity contribution is -0.143. The Balaban J connectivity index is 1.69. The van der Waals surface area contributed by atoms with E-state index in [0.29, 0.717) is 18.7 Å². The van der Waals surface area contributed by atoms with Crippen LogP contribution in [0.2, 0.25) is 0 Å². The van der Waals surface area contributed by atoms with E-state index in [9.17, 15) is 9.59 Å². The summed E-state index contributed by atoms with van der Waals surface area (Å²) in [7, 11) is 5.49. The molecular formula is C18H24N6O2. The van der Waals surface area contributed by atoms with Gasteiger partial charge < -0.3 is 9.47 Å². The number of imidazole rings is 1. The first-order valence-electron chi connectivity index (χ1n) is 9.03. The minimum atomic E-state index is -0.318. The van der Waals surface area contributed by atoms with Gasteiger partial charge in [-0.15, -0.1) is 0 Å². The van der Waals surface area contributed by atoms with Crippen LogP contribution in [0.15, 0.2) is 24.7 Å². The molecule has 2 aromatic rings. The van der Waals surface area contributed by atoms with E-state index in [-0.39, 0.29) is 29.8 Å². The van der Waals surface area contributed by atoms with Crippen molar-refractivity contribution in [3.63, 3.8) is 0 Å². The minimum absolute atomic E-state index is 0.0187. The van der Waals surface area contributed by atoms with Crippen molar-refractivity contribution < 1.29 is 9.59 Å². The molecule has 4 rings (SSSR count). The first kappa shape index (κ1) is 16.8. The summed E-state index contributed by atoms with van der Waals surface area (Å²) in [6.07, 6.45) is 8.36. The lowest BCUT2D eigenvalue weighted by Gasteiger charge is -2.41. The van der Waals surface area contributed by atoms with Crippen LogP contribution in [-0.2, 0) is 23.7 Å². The molecule has 138 valence electrons. The maximum absolute atomic E-state index is 13.3. The molecule has 2 fully saturated rings. The molecule has 2 atom stereocenters. The van der Waals surface area contributed by atoms with E-state index in [1.165, 1.54) is 0 Å². The Hall–Kier alpha value is -2.64. The minimum Gasteiger partial charge on any atom is -0.336 e. The van der Waals surface area contributed by atoms with Crippen LogP contribution in [0.5, 0.6) is 0 Å². The first-order valence-corrected chi connectivity index (χ1v) is 9.03. The number of hydrogen-bond donors (Lipinski definition) is 0.